The number of carbonyl (C=O) groups excluding carboxylic acids is 1. The maximum Gasteiger partial charge on any atom is 0.256 e. The smallest absolute Gasteiger partial charge is 0.256 e. The quantitative estimate of drug-likeness (QED) is 0.529. The molecular formula is C20H17BrN4O2. The molecule has 3 heterocycles. The van der Waals surface area contributed by atoms with Gasteiger partial charge >= 0.3 is 0 Å². The summed E-state index contributed by atoms with van der Waals surface area (Å²) in [6, 6.07) is 11.8. The third-order valence-electron chi connectivity index (χ3n) is 4.38. The molecule has 0 aliphatic carbocycles. The van der Waals surface area contributed by atoms with Gasteiger partial charge in [0.15, 0.2) is 0 Å². The van der Waals surface area contributed by atoms with Crippen LogP contribution in [0.4, 0.5) is 0 Å². The summed E-state index contributed by atoms with van der Waals surface area (Å²) in [7, 11) is 0. The zero-order valence-corrected chi connectivity index (χ0v) is 16.4. The summed E-state index contributed by atoms with van der Waals surface area (Å²) in [5, 5.41) is 2.91. The van der Waals surface area contributed by atoms with Crippen LogP contribution in [0.5, 0.6) is 0 Å². The highest BCUT2D eigenvalue weighted by molar-refractivity contribution is 9.10. The van der Waals surface area contributed by atoms with E-state index in [1.54, 1.807) is 19.4 Å². The number of nitrogens with zero attached hydrogens (tertiary/aromatic N) is 3. The summed E-state index contributed by atoms with van der Waals surface area (Å²) in [5.74, 6) is 1.89. The number of rotatable bonds is 4. The number of imidazole rings is 1. The average Bonchev–Trinajstić information content (AvgIpc) is 3.21. The molecule has 136 valence electrons. The number of hydrogen-bond acceptors (Lipinski definition) is 4. The Morgan fingerprint density at radius 3 is 2.67 bits per heavy atom. The molecule has 1 amide bonds. The molecule has 0 unspecified atom stereocenters. The molecule has 0 saturated heterocycles. The summed E-state index contributed by atoms with van der Waals surface area (Å²) < 4.78 is 8.11. The number of furan rings is 1. The lowest BCUT2D eigenvalue weighted by Crippen LogP contribution is -2.23. The van der Waals surface area contributed by atoms with E-state index in [9.17, 15) is 4.79 Å². The lowest BCUT2D eigenvalue weighted by atomic mass is 10.2. The molecule has 0 saturated carbocycles. The van der Waals surface area contributed by atoms with Crippen molar-refractivity contribution in [2.45, 2.75) is 20.4 Å². The van der Waals surface area contributed by atoms with Gasteiger partial charge < -0.3 is 9.73 Å². The average molecular weight is 425 g/mol. The number of fused-ring (bicyclic) bond motifs is 1. The zero-order chi connectivity index (χ0) is 19.0. The van der Waals surface area contributed by atoms with E-state index in [-0.39, 0.29) is 5.91 Å². The van der Waals surface area contributed by atoms with Crippen molar-refractivity contribution in [3.63, 3.8) is 0 Å². The number of pyridine rings is 1. The lowest BCUT2D eigenvalue weighted by Gasteiger charge is -2.07. The van der Waals surface area contributed by atoms with E-state index in [4.69, 9.17) is 4.42 Å². The van der Waals surface area contributed by atoms with E-state index in [0.29, 0.717) is 28.1 Å². The van der Waals surface area contributed by atoms with Crippen molar-refractivity contribution in [3.05, 3.63) is 76.0 Å². The van der Waals surface area contributed by atoms with Crippen molar-refractivity contribution in [3.8, 4) is 5.82 Å². The van der Waals surface area contributed by atoms with Gasteiger partial charge in [-0.2, -0.15) is 0 Å². The molecule has 0 radical (unpaired) electrons. The first kappa shape index (κ1) is 17.5. The zero-order valence-electron chi connectivity index (χ0n) is 14.9. The predicted octanol–water partition coefficient (Wildman–Crippen LogP) is 4.32. The number of benzene rings is 1. The number of aryl methyl sites for hydroxylation is 2. The Kier molecular flexibility index (Phi) is 4.53. The second-order valence-corrected chi connectivity index (χ2v) is 7.01. The number of aromatic nitrogens is 3. The fourth-order valence-electron chi connectivity index (χ4n) is 2.99. The van der Waals surface area contributed by atoms with Crippen molar-refractivity contribution >= 4 is 32.9 Å². The molecule has 0 spiro atoms. The maximum atomic E-state index is 12.4. The Morgan fingerprint density at radius 2 is 1.96 bits per heavy atom. The van der Waals surface area contributed by atoms with E-state index >= 15 is 0 Å². The molecule has 4 rings (SSSR count). The maximum absolute atomic E-state index is 12.4. The minimum absolute atomic E-state index is 0.180. The second-order valence-electron chi connectivity index (χ2n) is 6.21. The summed E-state index contributed by atoms with van der Waals surface area (Å²) in [4.78, 5) is 21.3. The molecular weight excluding hydrogens is 408 g/mol. The number of hydrogen-bond donors (Lipinski definition) is 1. The van der Waals surface area contributed by atoms with Gasteiger partial charge in [-0.15, -0.1) is 0 Å². The van der Waals surface area contributed by atoms with E-state index in [2.05, 4.69) is 31.2 Å². The summed E-state index contributed by atoms with van der Waals surface area (Å²) in [6.07, 6.45) is 3.52. The third-order valence-corrected chi connectivity index (χ3v) is 5.33. The minimum atomic E-state index is -0.180. The molecule has 7 heteroatoms. The van der Waals surface area contributed by atoms with Crippen LogP contribution in [0.2, 0.25) is 0 Å². The monoisotopic (exact) mass is 424 g/mol. The Hall–Kier alpha value is -2.93. The first-order valence-corrected chi connectivity index (χ1v) is 9.25. The van der Waals surface area contributed by atoms with Crippen LogP contribution in [0, 0.1) is 13.8 Å². The Morgan fingerprint density at radius 1 is 1.15 bits per heavy atom. The normalized spacial score (nSPS) is 11.1. The van der Waals surface area contributed by atoms with Gasteiger partial charge in [-0.3, -0.25) is 9.36 Å². The standard InChI is InChI=1S/C20H17BrN4O2/c1-12-18(19(21)13(2)27-12)20(26)23-10-14-7-8-17(22-9-14)25-11-24-15-5-3-4-6-16(15)25/h3-9,11H,10H2,1-2H3,(H,23,26). The van der Waals surface area contributed by atoms with Gasteiger partial charge in [-0.1, -0.05) is 18.2 Å². The first-order chi connectivity index (χ1) is 13.0. The van der Waals surface area contributed by atoms with Gasteiger partial charge in [0.2, 0.25) is 0 Å². The third kappa shape index (κ3) is 3.26. The second kappa shape index (κ2) is 7.00. The van der Waals surface area contributed by atoms with Crippen molar-refractivity contribution in [2.75, 3.05) is 0 Å². The Labute approximate surface area is 164 Å². The predicted molar refractivity (Wildman–Crippen MR) is 106 cm³/mol. The molecule has 1 aromatic carbocycles. The highest BCUT2D eigenvalue weighted by atomic mass is 79.9. The van der Waals surface area contributed by atoms with Crippen LogP contribution >= 0.6 is 15.9 Å². The van der Waals surface area contributed by atoms with E-state index in [1.165, 1.54) is 0 Å². The van der Waals surface area contributed by atoms with Crippen molar-refractivity contribution < 1.29 is 9.21 Å². The number of amides is 1. The fraction of sp³-hybridized carbons (Fsp3) is 0.150. The summed E-state index contributed by atoms with van der Waals surface area (Å²) in [6.45, 7) is 3.97. The molecule has 0 atom stereocenters. The van der Waals surface area contributed by atoms with Gasteiger partial charge in [0.05, 0.1) is 21.1 Å². The molecule has 0 aliphatic rings. The molecule has 3 aromatic heterocycles. The van der Waals surface area contributed by atoms with Gasteiger partial charge in [-0.25, -0.2) is 9.97 Å². The van der Waals surface area contributed by atoms with Crippen LogP contribution in [0.1, 0.15) is 27.4 Å². The number of carbonyl (C=O) groups is 1. The van der Waals surface area contributed by atoms with Crippen molar-refractivity contribution in [2.24, 2.45) is 0 Å². The van der Waals surface area contributed by atoms with Crippen molar-refractivity contribution in [1.29, 1.82) is 0 Å². The highest BCUT2D eigenvalue weighted by Gasteiger charge is 2.19. The first-order valence-electron chi connectivity index (χ1n) is 8.45. The van der Waals surface area contributed by atoms with Crippen LogP contribution in [-0.2, 0) is 6.54 Å². The van der Waals surface area contributed by atoms with E-state index in [0.717, 1.165) is 22.4 Å². The molecule has 4 aromatic rings. The van der Waals surface area contributed by atoms with Crippen LogP contribution in [0.25, 0.3) is 16.9 Å². The topological polar surface area (TPSA) is 73.0 Å². The molecule has 27 heavy (non-hydrogen) atoms. The number of para-hydroxylation sites is 2. The van der Waals surface area contributed by atoms with Crippen LogP contribution < -0.4 is 5.32 Å². The minimum Gasteiger partial charge on any atom is -0.465 e. The van der Waals surface area contributed by atoms with Crippen LogP contribution in [0.3, 0.4) is 0 Å². The summed E-state index contributed by atoms with van der Waals surface area (Å²) >= 11 is 3.40. The summed E-state index contributed by atoms with van der Waals surface area (Å²) in [5.41, 5.74) is 3.36. The van der Waals surface area contributed by atoms with Crippen LogP contribution in [-0.4, -0.2) is 20.4 Å². The van der Waals surface area contributed by atoms with Crippen molar-refractivity contribution in [1.82, 2.24) is 19.9 Å². The molecule has 0 fully saturated rings. The van der Waals surface area contributed by atoms with E-state index < -0.39 is 0 Å². The van der Waals surface area contributed by atoms with E-state index in [1.807, 2.05) is 47.9 Å². The molecule has 0 bridgehead atoms. The lowest BCUT2D eigenvalue weighted by molar-refractivity contribution is 0.0948. The number of halogens is 1. The highest BCUT2D eigenvalue weighted by Crippen LogP contribution is 2.27. The van der Waals surface area contributed by atoms with Gasteiger partial charge in [0, 0.05) is 12.7 Å². The molecule has 0 aliphatic heterocycles. The molecule has 6 nitrogen and oxygen atoms in total. The van der Waals surface area contributed by atoms with Gasteiger partial charge in [-0.05, 0) is 53.5 Å². The number of nitrogens with one attached hydrogen (secondary N) is 1. The SMILES string of the molecule is Cc1oc(C)c(C(=O)NCc2ccc(-n3cnc4ccccc43)nc2)c1Br. The van der Waals surface area contributed by atoms with Gasteiger partial charge in [0.25, 0.3) is 5.91 Å². The Bertz CT molecular complexity index is 1130. The molecule has 1 N–H and O–H groups in total. The van der Waals surface area contributed by atoms with Crippen LogP contribution in [0.15, 0.2) is 57.8 Å². The Balaban J connectivity index is 1.49. The van der Waals surface area contributed by atoms with Gasteiger partial charge in [0.1, 0.15) is 23.7 Å². The fourth-order valence-corrected chi connectivity index (χ4v) is 3.53. The largest absolute Gasteiger partial charge is 0.465 e.